The molecule has 7 nitrogen and oxygen atoms in total. The largest absolute Gasteiger partial charge is 0.338 e. The van der Waals surface area contributed by atoms with Crippen molar-refractivity contribution in [1.29, 1.82) is 0 Å². The molecule has 1 amide bonds. The predicted octanol–water partition coefficient (Wildman–Crippen LogP) is 3.42. The van der Waals surface area contributed by atoms with E-state index in [2.05, 4.69) is 10.1 Å². The van der Waals surface area contributed by atoms with E-state index in [0.29, 0.717) is 22.6 Å². The second kappa shape index (κ2) is 8.37. The minimum Gasteiger partial charge on any atom is -0.338 e. The second-order valence-corrected chi connectivity index (χ2v) is 7.86. The summed E-state index contributed by atoms with van der Waals surface area (Å²) in [5.74, 6) is -0.0371. The number of benzene rings is 1. The number of nitrogens with zero attached hydrogens (tertiary/aromatic N) is 5. The van der Waals surface area contributed by atoms with Gasteiger partial charge in [-0.25, -0.2) is 9.67 Å². The first-order chi connectivity index (χ1) is 14.1. The number of hydrogen-bond acceptors (Lipinski definition) is 4. The number of carbonyl (C=O) groups is 1. The fourth-order valence-corrected chi connectivity index (χ4v) is 4.31. The average Bonchev–Trinajstić information content (AvgIpc) is 3.16. The maximum Gasteiger partial charge on any atom is 0.264 e. The Kier molecular flexibility index (Phi) is 5.67. The molecule has 0 saturated heterocycles. The zero-order valence-electron chi connectivity index (χ0n) is 16.4. The number of rotatable bonds is 5. The highest BCUT2D eigenvalue weighted by atomic mass is 35.5. The molecule has 1 aromatic carbocycles. The molecule has 0 bridgehead atoms. The van der Waals surface area contributed by atoms with E-state index in [1.165, 1.54) is 23.5 Å². The number of likely N-dealkylation sites (N-methyl/N-ethyl adjacent to an activating group) is 1. The molecule has 0 unspecified atom stereocenters. The Morgan fingerprint density at radius 2 is 2.07 bits per heavy atom. The highest BCUT2D eigenvalue weighted by Crippen LogP contribution is 2.23. The first-order valence-electron chi connectivity index (χ1n) is 10.1. The van der Waals surface area contributed by atoms with Crippen LogP contribution < -0.4 is 5.56 Å². The summed E-state index contributed by atoms with van der Waals surface area (Å²) in [4.78, 5) is 32.2. The van der Waals surface area contributed by atoms with Crippen molar-refractivity contribution in [3.8, 4) is 5.69 Å². The van der Waals surface area contributed by atoms with E-state index in [4.69, 9.17) is 11.6 Å². The maximum absolute atomic E-state index is 12.9. The van der Waals surface area contributed by atoms with Crippen LogP contribution in [0.2, 0.25) is 5.02 Å². The molecule has 0 aliphatic heterocycles. The van der Waals surface area contributed by atoms with Gasteiger partial charge in [0.2, 0.25) is 5.91 Å². The van der Waals surface area contributed by atoms with Crippen molar-refractivity contribution in [2.75, 3.05) is 6.54 Å². The van der Waals surface area contributed by atoms with Crippen molar-refractivity contribution in [3.63, 3.8) is 0 Å². The summed E-state index contributed by atoms with van der Waals surface area (Å²) in [6.45, 7) is 2.64. The van der Waals surface area contributed by atoms with Gasteiger partial charge in [0.15, 0.2) is 5.65 Å². The number of halogens is 1. The summed E-state index contributed by atoms with van der Waals surface area (Å²) < 4.78 is 2.95. The third-order valence-electron chi connectivity index (χ3n) is 5.59. The van der Waals surface area contributed by atoms with Crippen LogP contribution in [0, 0.1) is 0 Å². The van der Waals surface area contributed by atoms with E-state index in [1.807, 2.05) is 24.0 Å². The van der Waals surface area contributed by atoms with Crippen LogP contribution in [0.4, 0.5) is 0 Å². The first kappa shape index (κ1) is 19.6. The Bertz CT molecular complexity index is 1080. The normalized spacial score (nSPS) is 15.0. The molecule has 2 heterocycles. The molecule has 152 valence electrons. The Morgan fingerprint density at radius 3 is 2.79 bits per heavy atom. The lowest BCUT2D eigenvalue weighted by Crippen LogP contribution is -2.44. The van der Waals surface area contributed by atoms with Crippen LogP contribution in [-0.2, 0) is 11.3 Å². The fraction of sp³-hybridized carbons (Fsp3) is 0.429. The molecule has 2 aromatic heterocycles. The molecule has 8 heteroatoms. The number of hydrogen-bond donors (Lipinski definition) is 0. The predicted molar refractivity (Wildman–Crippen MR) is 112 cm³/mol. The molecule has 3 aromatic rings. The van der Waals surface area contributed by atoms with Crippen LogP contribution in [0.5, 0.6) is 0 Å². The minimum absolute atomic E-state index is 0.00550. The van der Waals surface area contributed by atoms with Crippen molar-refractivity contribution >= 4 is 28.5 Å². The van der Waals surface area contributed by atoms with E-state index < -0.39 is 0 Å². The molecule has 29 heavy (non-hydrogen) atoms. The summed E-state index contributed by atoms with van der Waals surface area (Å²) in [7, 11) is 0. The fourth-order valence-electron chi connectivity index (χ4n) is 4.13. The van der Waals surface area contributed by atoms with Crippen LogP contribution in [-0.4, -0.2) is 42.7 Å². The standard InChI is InChI=1S/C21H24ClN5O2/c1-2-26(16-8-4-3-5-9-16)19(28)13-25-14-23-20-18(21(25)29)12-24-27(20)17-10-6-7-15(22)11-17/h6-7,10-12,14,16H,2-5,8-9,13H2,1H3. The van der Waals surface area contributed by atoms with E-state index >= 15 is 0 Å². The molecule has 1 saturated carbocycles. The lowest BCUT2D eigenvalue weighted by molar-refractivity contribution is -0.134. The molecular formula is C21H24ClN5O2. The highest BCUT2D eigenvalue weighted by Gasteiger charge is 2.24. The maximum atomic E-state index is 12.9. The lowest BCUT2D eigenvalue weighted by atomic mass is 9.94. The monoisotopic (exact) mass is 413 g/mol. The van der Waals surface area contributed by atoms with Gasteiger partial charge in [0.1, 0.15) is 18.3 Å². The van der Waals surface area contributed by atoms with E-state index in [9.17, 15) is 9.59 Å². The van der Waals surface area contributed by atoms with Gasteiger partial charge in [0, 0.05) is 17.6 Å². The Balaban J connectivity index is 1.61. The van der Waals surface area contributed by atoms with Crippen LogP contribution >= 0.6 is 11.6 Å². The van der Waals surface area contributed by atoms with Gasteiger partial charge in [-0.3, -0.25) is 14.2 Å². The van der Waals surface area contributed by atoms with Crippen LogP contribution in [0.25, 0.3) is 16.7 Å². The van der Waals surface area contributed by atoms with Gasteiger partial charge in [-0.1, -0.05) is 36.9 Å². The molecule has 0 spiro atoms. The summed E-state index contributed by atoms with van der Waals surface area (Å²) >= 11 is 6.06. The van der Waals surface area contributed by atoms with E-state index in [-0.39, 0.29) is 24.1 Å². The van der Waals surface area contributed by atoms with Gasteiger partial charge < -0.3 is 4.90 Å². The number of carbonyl (C=O) groups excluding carboxylic acids is 1. The molecule has 0 radical (unpaired) electrons. The zero-order chi connectivity index (χ0) is 20.4. The third-order valence-corrected chi connectivity index (χ3v) is 5.82. The summed E-state index contributed by atoms with van der Waals surface area (Å²) in [5.41, 5.74) is 0.902. The second-order valence-electron chi connectivity index (χ2n) is 7.42. The quantitative estimate of drug-likeness (QED) is 0.642. The topological polar surface area (TPSA) is 73.0 Å². The Hall–Kier alpha value is -2.67. The average molecular weight is 414 g/mol. The van der Waals surface area contributed by atoms with Gasteiger partial charge in [0.25, 0.3) is 5.56 Å². The van der Waals surface area contributed by atoms with Gasteiger partial charge in [0.05, 0.1) is 11.9 Å². The van der Waals surface area contributed by atoms with Crippen LogP contribution in [0.1, 0.15) is 39.0 Å². The Morgan fingerprint density at radius 1 is 1.28 bits per heavy atom. The van der Waals surface area contributed by atoms with Crippen LogP contribution in [0.15, 0.2) is 41.6 Å². The molecule has 4 rings (SSSR count). The van der Waals surface area contributed by atoms with Crippen LogP contribution in [0.3, 0.4) is 0 Å². The molecular weight excluding hydrogens is 390 g/mol. The molecule has 1 aliphatic rings. The summed E-state index contributed by atoms with van der Waals surface area (Å²) in [5, 5.41) is 5.25. The number of amides is 1. The smallest absolute Gasteiger partial charge is 0.264 e. The van der Waals surface area contributed by atoms with Gasteiger partial charge in [-0.15, -0.1) is 0 Å². The van der Waals surface area contributed by atoms with Crippen molar-refractivity contribution in [2.24, 2.45) is 0 Å². The van der Waals surface area contributed by atoms with Crippen molar-refractivity contribution < 1.29 is 4.79 Å². The zero-order valence-corrected chi connectivity index (χ0v) is 17.2. The van der Waals surface area contributed by atoms with Gasteiger partial charge >= 0.3 is 0 Å². The number of fused-ring (bicyclic) bond motifs is 1. The summed E-state index contributed by atoms with van der Waals surface area (Å²) in [6, 6.07) is 7.47. The van der Waals surface area contributed by atoms with Crippen molar-refractivity contribution in [3.05, 3.63) is 52.2 Å². The Labute approximate surface area is 173 Å². The van der Waals surface area contributed by atoms with Crippen molar-refractivity contribution in [1.82, 2.24) is 24.2 Å². The molecule has 1 fully saturated rings. The number of aromatic nitrogens is 4. The summed E-state index contributed by atoms with van der Waals surface area (Å²) in [6.07, 6.45) is 8.55. The lowest BCUT2D eigenvalue weighted by Gasteiger charge is -2.33. The molecule has 0 N–H and O–H groups in total. The first-order valence-corrected chi connectivity index (χ1v) is 10.4. The minimum atomic E-state index is -0.267. The van der Waals surface area contributed by atoms with Gasteiger partial charge in [-0.2, -0.15) is 5.10 Å². The molecule has 0 atom stereocenters. The van der Waals surface area contributed by atoms with Gasteiger partial charge in [-0.05, 0) is 38.0 Å². The van der Waals surface area contributed by atoms with E-state index in [0.717, 1.165) is 31.4 Å². The van der Waals surface area contributed by atoms with Crippen molar-refractivity contribution in [2.45, 2.75) is 51.6 Å². The van der Waals surface area contributed by atoms with E-state index in [1.54, 1.807) is 16.8 Å². The SMILES string of the molecule is CCN(C(=O)Cn1cnc2c(cnn2-c2cccc(Cl)c2)c1=O)C1CCCCC1. The highest BCUT2D eigenvalue weighted by molar-refractivity contribution is 6.30. The third kappa shape index (κ3) is 3.92. The molecule has 1 aliphatic carbocycles.